The van der Waals surface area contributed by atoms with Gasteiger partial charge in [-0.15, -0.1) is 0 Å². The van der Waals surface area contributed by atoms with Crippen molar-refractivity contribution in [1.82, 2.24) is 9.36 Å². The number of hydrogen-bond acceptors (Lipinski definition) is 5. The third-order valence-corrected chi connectivity index (χ3v) is 7.02. The molecule has 0 aliphatic carbocycles. The number of hydrogen-bond donors (Lipinski definition) is 0. The number of rotatable bonds is 7. The van der Waals surface area contributed by atoms with Crippen LogP contribution in [0.2, 0.25) is 0 Å². The van der Waals surface area contributed by atoms with Gasteiger partial charge in [0.05, 0.1) is 29.9 Å². The van der Waals surface area contributed by atoms with Gasteiger partial charge >= 0.3 is 6.18 Å². The molecule has 0 radical (unpaired) electrons. The smallest absolute Gasteiger partial charge is 0.416 e. The van der Waals surface area contributed by atoms with Gasteiger partial charge in [-0.3, -0.25) is 14.2 Å². The van der Waals surface area contributed by atoms with E-state index >= 15 is 0 Å². The summed E-state index contributed by atoms with van der Waals surface area (Å²) in [5, 5.41) is 0. The normalized spacial score (nSPS) is 22.8. The molecule has 1 amide bonds. The van der Waals surface area contributed by atoms with Crippen molar-refractivity contribution >= 4 is 5.91 Å². The van der Waals surface area contributed by atoms with Crippen molar-refractivity contribution in [2.45, 2.75) is 76.5 Å². The molecule has 0 spiro atoms. The van der Waals surface area contributed by atoms with Crippen LogP contribution in [-0.2, 0) is 39.4 Å². The average molecular weight is 540 g/mol. The van der Waals surface area contributed by atoms with Crippen molar-refractivity contribution in [1.29, 1.82) is 0 Å². The molecule has 1 aromatic heterocycles. The van der Waals surface area contributed by atoms with E-state index in [0.717, 1.165) is 36.7 Å². The van der Waals surface area contributed by atoms with E-state index in [-0.39, 0.29) is 41.6 Å². The summed E-state index contributed by atoms with van der Waals surface area (Å²) in [6.45, 7) is 7.80. The number of ether oxygens (including phenoxy) is 4. The molecule has 2 aromatic rings. The number of aromatic nitrogens is 2. The van der Waals surface area contributed by atoms with Gasteiger partial charge in [-0.2, -0.15) is 18.2 Å². The number of carbonyl (C=O) groups is 1. The Morgan fingerprint density at radius 1 is 1.13 bits per heavy atom. The van der Waals surface area contributed by atoms with E-state index in [0.29, 0.717) is 31.7 Å². The number of nitrogens with zero attached hydrogens (tertiary/aromatic N) is 3. The van der Waals surface area contributed by atoms with E-state index in [2.05, 4.69) is 4.99 Å². The highest BCUT2D eigenvalue weighted by molar-refractivity contribution is 5.97. The lowest BCUT2D eigenvalue weighted by molar-refractivity contribution is -0.137. The molecule has 3 atom stereocenters. The predicted molar refractivity (Wildman–Crippen MR) is 133 cm³/mol. The fourth-order valence-corrected chi connectivity index (χ4v) is 4.95. The van der Waals surface area contributed by atoms with Crippen LogP contribution in [0, 0.1) is 0 Å². The molecule has 2 aliphatic rings. The minimum atomic E-state index is -4.63. The molecular formula is C27H36F3N3O5. The van der Waals surface area contributed by atoms with Gasteiger partial charge in [-0.25, -0.2) is 0 Å². The molecule has 2 fully saturated rings. The lowest BCUT2D eigenvalue weighted by atomic mass is 9.92. The van der Waals surface area contributed by atoms with Gasteiger partial charge in [0.2, 0.25) is 0 Å². The first-order valence-corrected chi connectivity index (χ1v) is 12.8. The van der Waals surface area contributed by atoms with Crippen LogP contribution in [0.4, 0.5) is 13.2 Å². The summed E-state index contributed by atoms with van der Waals surface area (Å²) in [4.78, 5) is 17.8. The number of methoxy groups -OCH3 is 1. The van der Waals surface area contributed by atoms with Crippen LogP contribution >= 0.6 is 0 Å². The van der Waals surface area contributed by atoms with Gasteiger partial charge in [0.25, 0.3) is 5.91 Å². The van der Waals surface area contributed by atoms with E-state index in [4.69, 9.17) is 18.9 Å². The van der Waals surface area contributed by atoms with Gasteiger partial charge in [-0.1, -0.05) is 20.8 Å². The highest BCUT2D eigenvalue weighted by Crippen LogP contribution is 2.33. The molecule has 1 aromatic carbocycles. The molecule has 2 saturated heterocycles. The van der Waals surface area contributed by atoms with Crippen LogP contribution in [0.3, 0.4) is 0 Å². The number of halogens is 3. The summed E-state index contributed by atoms with van der Waals surface area (Å²) in [7, 11) is 3.45. The van der Waals surface area contributed by atoms with Crippen molar-refractivity contribution < 1.29 is 36.9 Å². The topological polar surface area (TPSA) is 76.2 Å². The number of benzene rings is 1. The van der Waals surface area contributed by atoms with Gasteiger partial charge in [0.15, 0.2) is 5.49 Å². The Labute approximate surface area is 220 Å². The Bertz CT molecular complexity index is 1210. The number of amides is 1. The Kier molecular flexibility index (Phi) is 8.39. The second-order valence-corrected chi connectivity index (χ2v) is 10.8. The van der Waals surface area contributed by atoms with Crippen molar-refractivity contribution in [3.63, 3.8) is 0 Å². The first-order valence-electron chi connectivity index (χ1n) is 12.8. The molecule has 11 heteroatoms. The summed E-state index contributed by atoms with van der Waals surface area (Å²) in [5.41, 5.74) is -0.206. The maximum Gasteiger partial charge on any atom is 0.416 e. The summed E-state index contributed by atoms with van der Waals surface area (Å²) in [6, 6.07) is 4.65. The van der Waals surface area contributed by atoms with Crippen molar-refractivity contribution in [3.8, 4) is 5.75 Å². The van der Waals surface area contributed by atoms with Crippen molar-refractivity contribution in [3.05, 3.63) is 46.6 Å². The van der Waals surface area contributed by atoms with E-state index in [1.54, 1.807) is 13.2 Å². The maximum atomic E-state index is 13.6. The molecule has 0 N–H and O–H groups in total. The number of alkyl halides is 3. The largest absolute Gasteiger partial charge is 0.490 e. The highest BCUT2D eigenvalue weighted by Gasteiger charge is 2.33. The minimum Gasteiger partial charge on any atom is -0.490 e. The molecule has 4 rings (SSSR count). The van der Waals surface area contributed by atoms with Crippen LogP contribution < -0.4 is 10.2 Å². The fraction of sp³-hybridized carbons (Fsp3) is 0.630. The Balaban J connectivity index is 1.72. The van der Waals surface area contributed by atoms with Gasteiger partial charge in [-0.05, 0) is 37.5 Å². The molecular weight excluding hydrogens is 503 g/mol. The zero-order valence-electron chi connectivity index (χ0n) is 22.5. The van der Waals surface area contributed by atoms with Crippen molar-refractivity contribution in [2.75, 3.05) is 26.9 Å². The molecule has 8 nitrogen and oxygen atoms in total. The standard InChI is InChI=1S/C27H36F3N3O5/c1-26(2,3)23-14-24(33(32(23)4)15-18-7-6-11-36-18)31-25(34)19-13-17(27(28,29)30)8-9-20(19)38-16-22-21(35-5)10-12-37-22/h8-9,13-14,18,21-22H,6-7,10-12,15-16H2,1-5H3/b31-24-/t18-,21+,22-/m1/s1. The fourth-order valence-electron chi connectivity index (χ4n) is 4.95. The molecule has 3 heterocycles. The molecule has 38 heavy (non-hydrogen) atoms. The zero-order chi connectivity index (χ0) is 27.7. The van der Waals surface area contributed by atoms with Crippen molar-refractivity contribution in [2.24, 2.45) is 12.0 Å². The summed E-state index contributed by atoms with van der Waals surface area (Å²) in [6.07, 6.45) is -2.72. The van der Waals surface area contributed by atoms with Crippen LogP contribution in [0.15, 0.2) is 29.3 Å². The molecule has 210 valence electrons. The van der Waals surface area contributed by atoms with Crippen LogP contribution in [0.5, 0.6) is 5.75 Å². The summed E-state index contributed by atoms with van der Waals surface area (Å²) < 4.78 is 67.1. The quantitative estimate of drug-likeness (QED) is 0.526. The van der Waals surface area contributed by atoms with Crippen LogP contribution in [-0.4, -0.2) is 60.5 Å². The van der Waals surface area contributed by atoms with Crippen LogP contribution in [0.25, 0.3) is 0 Å². The monoisotopic (exact) mass is 539 g/mol. The van der Waals surface area contributed by atoms with E-state index in [1.807, 2.05) is 37.2 Å². The molecule has 0 bridgehead atoms. The second-order valence-electron chi connectivity index (χ2n) is 10.8. The van der Waals surface area contributed by atoms with E-state index in [1.165, 1.54) is 0 Å². The zero-order valence-corrected chi connectivity index (χ0v) is 22.5. The first kappa shape index (κ1) is 28.4. The SMILES string of the molecule is CO[C@H]1CCO[C@@H]1COc1ccc(C(F)(F)F)cc1C(=O)/N=c1/cc(C(C)(C)C)n(C)n1C[C@H]1CCCO1. The molecule has 0 unspecified atom stereocenters. The van der Waals surface area contributed by atoms with Gasteiger partial charge < -0.3 is 18.9 Å². The number of carbonyl (C=O) groups excluding carboxylic acids is 1. The van der Waals surface area contributed by atoms with Gasteiger partial charge in [0, 0.05) is 44.5 Å². The first-order chi connectivity index (χ1) is 17.9. The maximum absolute atomic E-state index is 13.6. The van der Waals surface area contributed by atoms with Gasteiger partial charge in [0.1, 0.15) is 18.5 Å². The lowest BCUT2D eigenvalue weighted by Gasteiger charge is -2.21. The Morgan fingerprint density at radius 2 is 1.89 bits per heavy atom. The van der Waals surface area contributed by atoms with Crippen LogP contribution in [0.1, 0.15) is 61.6 Å². The minimum absolute atomic E-state index is 0.00903. The van der Waals surface area contributed by atoms with E-state index in [9.17, 15) is 18.0 Å². The third-order valence-electron chi connectivity index (χ3n) is 7.02. The lowest BCUT2D eigenvalue weighted by Crippen LogP contribution is -2.30. The van der Waals surface area contributed by atoms with E-state index < -0.39 is 17.6 Å². The highest BCUT2D eigenvalue weighted by atomic mass is 19.4. The summed E-state index contributed by atoms with van der Waals surface area (Å²) >= 11 is 0. The molecule has 0 saturated carbocycles. The third kappa shape index (κ3) is 6.32. The molecule has 2 aliphatic heterocycles. The average Bonchev–Trinajstić information content (AvgIpc) is 3.59. The Morgan fingerprint density at radius 3 is 2.53 bits per heavy atom. The predicted octanol–water partition coefficient (Wildman–Crippen LogP) is 4.25. The summed E-state index contributed by atoms with van der Waals surface area (Å²) in [5.74, 6) is -0.816. The second kappa shape index (κ2) is 11.2. The Hall–Kier alpha value is -2.63.